The molecule has 2 unspecified atom stereocenters. The summed E-state index contributed by atoms with van der Waals surface area (Å²) in [6.45, 7) is 4.81. The summed E-state index contributed by atoms with van der Waals surface area (Å²) in [4.78, 5) is 18.7. The van der Waals surface area contributed by atoms with E-state index in [4.69, 9.17) is 4.52 Å². The normalized spacial score (nSPS) is 26.8. The van der Waals surface area contributed by atoms with Gasteiger partial charge in [-0.05, 0) is 44.6 Å². The molecule has 2 aliphatic rings. The molecule has 2 fully saturated rings. The minimum Gasteiger partial charge on any atom is -0.337 e. The first kappa shape index (κ1) is 14.5. The average Bonchev–Trinajstić information content (AvgIpc) is 3.13. The zero-order valence-electron chi connectivity index (χ0n) is 12.7. The molecule has 6 nitrogen and oxygen atoms in total. The highest BCUT2D eigenvalue weighted by Crippen LogP contribution is 2.23. The molecule has 0 saturated carbocycles. The largest absolute Gasteiger partial charge is 0.337 e. The van der Waals surface area contributed by atoms with Gasteiger partial charge in [0.05, 0.1) is 6.04 Å². The van der Waals surface area contributed by atoms with Crippen molar-refractivity contribution in [1.29, 1.82) is 0 Å². The summed E-state index contributed by atoms with van der Waals surface area (Å²) in [5.74, 6) is 1.43. The Morgan fingerprint density at radius 3 is 3.00 bits per heavy atom. The van der Waals surface area contributed by atoms with Gasteiger partial charge in [-0.25, -0.2) is 0 Å². The number of aromatic nitrogens is 2. The van der Waals surface area contributed by atoms with Crippen LogP contribution >= 0.6 is 0 Å². The van der Waals surface area contributed by atoms with E-state index in [9.17, 15) is 4.79 Å². The van der Waals surface area contributed by atoms with Crippen molar-refractivity contribution >= 4 is 5.91 Å². The van der Waals surface area contributed by atoms with Crippen LogP contribution in [0.25, 0.3) is 0 Å². The summed E-state index contributed by atoms with van der Waals surface area (Å²) < 4.78 is 5.26. The number of amides is 1. The highest BCUT2D eigenvalue weighted by Gasteiger charge is 2.27. The fourth-order valence-corrected chi connectivity index (χ4v) is 3.28. The van der Waals surface area contributed by atoms with E-state index in [-0.39, 0.29) is 17.8 Å². The third kappa shape index (κ3) is 3.26. The molecule has 1 amide bonds. The van der Waals surface area contributed by atoms with Gasteiger partial charge in [0.2, 0.25) is 5.89 Å². The van der Waals surface area contributed by atoms with E-state index >= 15 is 0 Å². The van der Waals surface area contributed by atoms with E-state index in [0.29, 0.717) is 5.89 Å². The maximum absolute atomic E-state index is 12.5. The van der Waals surface area contributed by atoms with Crippen molar-refractivity contribution < 1.29 is 9.32 Å². The molecule has 0 radical (unpaired) electrons. The molecule has 1 aromatic rings. The summed E-state index contributed by atoms with van der Waals surface area (Å²) in [6, 6.07) is 0.118. The van der Waals surface area contributed by atoms with Crippen LogP contribution in [0.15, 0.2) is 4.52 Å². The van der Waals surface area contributed by atoms with Gasteiger partial charge in [0, 0.05) is 13.1 Å². The molecule has 21 heavy (non-hydrogen) atoms. The first-order valence-electron chi connectivity index (χ1n) is 8.14. The number of hydrogen-bond acceptors (Lipinski definition) is 5. The lowest BCUT2D eigenvalue weighted by atomic mass is 9.98. The van der Waals surface area contributed by atoms with E-state index in [2.05, 4.69) is 22.4 Å². The second kappa shape index (κ2) is 6.56. The lowest BCUT2D eigenvalue weighted by molar-refractivity contribution is 0.0744. The van der Waals surface area contributed by atoms with E-state index < -0.39 is 0 Å². The quantitative estimate of drug-likeness (QED) is 0.924. The molecule has 0 aromatic carbocycles. The predicted octanol–water partition coefficient (Wildman–Crippen LogP) is 2.15. The summed E-state index contributed by atoms with van der Waals surface area (Å²) in [6.07, 6.45) is 6.67. The number of carbonyl (C=O) groups is 1. The summed E-state index contributed by atoms with van der Waals surface area (Å²) in [7, 11) is 0. The van der Waals surface area contributed by atoms with E-state index in [1.165, 1.54) is 12.8 Å². The fraction of sp³-hybridized carbons (Fsp3) is 0.800. The topological polar surface area (TPSA) is 71.3 Å². The molecule has 1 N–H and O–H groups in total. The molecule has 1 aromatic heterocycles. The molecule has 3 heterocycles. The Labute approximate surface area is 125 Å². The van der Waals surface area contributed by atoms with Crippen molar-refractivity contribution in [3.8, 4) is 0 Å². The Morgan fingerprint density at radius 2 is 2.24 bits per heavy atom. The van der Waals surface area contributed by atoms with E-state index in [0.717, 1.165) is 51.2 Å². The molecular formula is C15H24N4O2. The minimum atomic E-state index is -0.0836. The Bertz CT molecular complexity index is 482. The Hall–Kier alpha value is -1.43. The highest BCUT2D eigenvalue weighted by molar-refractivity contribution is 5.90. The number of nitrogens with zero attached hydrogens (tertiary/aromatic N) is 3. The molecule has 2 aliphatic heterocycles. The molecule has 3 rings (SSSR count). The van der Waals surface area contributed by atoms with Gasteiger partial charge in [-0.15, -0.1) is 0 Å². The summed E-state index contributed by atoms with van der Waals surface area (Å²) >= 11 is 0. The third-order valence-corrected chi connectivity index (χ3v) is 4.70. The number of carbonyl (C=O) groups excluding carboxylic acids is 1. The predicted molar refractivity (Wildman–Crippen MR) is 77.8 cm³/mol. The van der Waals surface area contributed by atoms with Crippen LogP contribution in [0.1, 0.15) is 68.0 Å². The van der Waals surface area contributed by atoms with Crippen molar-refractivity contribution in [1.82, 2.24) is 20.4 Å². The van der Waals surface area contributed by atoms with Crippen LogP contribution in [-0.2, 0) is 0 Å². The second-order valence-electron chi connectivity index (χ2n) is 6.10. The van der Waals surface area contributed by atoms with Gasteiger partial charge in [0.1, 0.15) is 0 Å². The van der Waals surface area contributed by atoms with Crippen molar-refractivity contribution in [3.05, 3.63) is 11.7 Å². The minimum absolute atomic E-state index is 0.0836. The van der Waals surface area contributed by atoms with E-state index in [1.807, 2.05) is 4.90 Å². The average molecular weight is 292 g/mol. The van der Waals surface area contributed by atoms with Crippen LogP contribution in [0, 0.1) is 5.92 Å². The monoisotopic (exact) mass is 292 g/mol. The van der Waals surface area contributed by atoms with Gasteiger partial charge in [-0.1, -0.05) is 18.5 Å². The van der Waals surface area contributed by atoms with Gasteiger partial charge in [-0.3, -0.25) is 4.79 Å². The standard InChI is InChI=1S/C15H24N4O2/c1-2-11-5-4-9-19(10-7-11)15(20)13-17-14(21-18-13)12-6-3-8-16-12/h11-12,16H,2-10H2,1H3. The van der Waals surface area contributed by atoms with E-state index in [1.54, 1.807) is 0 Å². The maximum Gasteiger partial charge on any atom is 0.295 e. The number of hydrogen-bond donors (Lipinski definition) is 1. The zero-order valence-corrected chi connectivity index (χ0v) is 12.7. The van der Waals surface area contributed by atoms with Crippen molar-refractivity contribution in [2.75, 3.05) is 19.6 Å². The Kier molecular flexibility index (Phi) is 4.53. The fourth-order valence-electron chi connectivity index (χ4n) is 3.28. The number of likely N-dealkylation sites (tertiary alicyclic amines) is 1. The Balaban J connectivity index is 1.64. The van der Waals surface area contributed by atoms with Crippen LogP contribution in [0.4, 0.5) is 0 Å². The van der Waals surface area contributed by atoms with Gasteiger partial charge in [0.25, 0.3) is 11.7 Å². The summed E-state index contributed by atoms with van der Waals surface area (Å²) in [5.41, 5.74) is 0. The van der Waals surface area contributed by atoms with Crippen LogP contribution < -0.4 is 5.32 Å². The third-order valence-electron chi connectivity index (χ3n) is 4.70. The first-order chi connectivity index (χ1) is 10.3. The van der Waals surface area contributed by atoms with Crippen LogP contribution in [0.3, 0.4) is 0 Å². The smallest absolute Gasteiger partial charge is 0.295 e. The van der Waals surface area contributed by atoms with Gasteiger partial charge < -0.3 is 14.7 Å². The van der Waals surface area contributed by atoms with Gasteiger partial charge >= 0.3 is 0 Å². The summed E-state index contributed by atoms with van der Waals surface area (Å²) in [5, 5.41) is 7.20. The molecule has 116 valence electrons. The maximum atomic E-state index is 12.5. The SMILES string of the molecule is CCC1CCCN(C(=O)c2noc(C3CCCN3)n2)CC1. The van der Waals surface area contributed by atoms with Gasteiger partial charge in [0.15, 0.2) is 0 Å². The number of rotatable bonds is 3. The Morgan fingerprint density at radius 1 is 1.33 bits per heavy atom. The lowest BCUT2D eigenvalue weighted by Crippen LogP contribution is -2.32. The second-order valence-corrected chi connectivity index (χ2v) is 6.10. The molecule has 0 aliphatic carbocycles. The highest BCUT2D eigenvalue weighted by atomic mass is 16.5. The first-order valence-corrected chi connectivity index (χ1v) is 8.14. The van der Waals surface area contributed by atoms with Crippen LogP contribution in [0.2, 0.25) is 0 Å². The zero-order chi connectivity index (χ0) is 14.7. The molecule has 0 spiro atoms. The lowest BCUT2D eigenvalue weighted by Gasteiger charge is -2.18. The number of nitrogens with one attached hydrogen (secondary N) is 1. The van der Waals surface area contributed by atoms with Crippen molar-refractivity contribution in [2.24, 2.45) is 5.92 Å². The van der Waals surface area contributed by atoms with Crippen molar-refractivity contribution in [2.45, 2.75) is 51.5 Å². The van der Waals surface area contributed by atoms with Gasteiger partial charge in [-0.2, -0.15) is 4.98 Å². The molecule has 2 saturated heterocycles. The molecular weight excluding hydrogens is 268 g/mol. The molecule has 6 heteroatoms. The van der Waals surface area contributed by atoms with Crippen molar-refractivity contribution in [3.63, 3.8) is 0 Å². The molecule has 0 bridgehead atoms. The van der Waals surface area contributed by atoms with Crippen LogP contribution in [-0.4, -0.2) is 40.6 Å². The van der Waals surface area contributed by atoms with Crippen LogP contribution in [0.5, 0.6) is 0 Å². The molecule has 2 atom stereocenters.